The van der Waals surface area contributed by atoms with Crippen LogP contribution in [0.25, 0.3) is 0 Å². The Morgan fingerprint density at radius 2 is 1.93 bits per heavy atom. The van der Waals surface area contributed by atoms with E-state index in [1.165, 1.54) is 11.3 Å². The van der Waals surface area contributed by atoms with Crippen LogP contribution in [0.5, 0.6) is 11.5 Å². The fourth-order valence-electron chi connectivity index (χ4n) is 2.75. The highest BCUT2D eigenvalue weighted by Crippen LogP contribution is 2.32. The molecule has 0 aliphatic carbocycles. The number of nitrogens with one attached hydrogen (secondary N) is 2. The van der Waals surface area contributed by atoms with Crippen molar-refractivity contribution in [3.8, 4) is 11.5 Å². The van der Waals surface area contributed by atoms with Gasteiger partial charge in [0.1, 0.15) is 5.01 Å². The van der Waals surface area contributed by atoms with E-state index in [2.05, 4.69) is 20.8 Å². The summed E-state index contributed by atoms with van der Waals surface area (Å²) in [5, 5.41) is 14.5. The van der Waals surface area contributed by atoms with Gasteiger partial charge in [-0.1, -0.05) is 30.4 Å². The molecule has 148 valence electrons. The van der Waals surface area contributed by atoms with Crippen molar-refractivity contribution < 1.29 is 19.1 Å². The number of nitrogens with zero attached hydrogens (tertiary/aromatic N) is 2. The van der Waals surface area contributed by atoms with Crippen LogP contribution in [0.15, 0.2) is 42.5 Å². The SMILES string of the molecule is CCc1nnc(C(=O)Nc2cccc(C(=O)NCc3ccc4c(c3)OCO4)c2)s1. The molecule has 1 aliphatic rings. The molecule has 2 aromatic carbocycles. The van der Waals surface area contributed by atoms with Gasteiger partial charge in [-0.05, 0) is 42.3 Å². The minimum atomic E-state index is -0.347. The molecule has 9 heteroatoms. The number of ether oxygens (including phenoxy) is 2. The fourth-order valence-corrected chi connectivity index (χ4v) is 3.42. The Hall–Kier alpha value is -3.46. The topological polar surface area (TPSA) is 102 Å². The lowest BCUT2D eigenvalue weighted by molar-refractivity contribution is 0.0949. The molecule has 2 amide bonds. The van der Waals surface area contributed by atoms with Gasteiger partial charge in [0.2, 0.25) is 11.8 Å². The van der Waals surface area contributed by atoms with Gasteiger partial charge in [-0.25, -0.2) is 0 Å². The van der Waals surface area contributed by atoms with E-state index in [0.717, 1.165) is 17.0 Å². The lowest BCUT2D eigenvalue weighted by Crippen LogP contribution is -2.23. The number of carbonyl (C=O) groups excluding carboxylic acids is 2. The number of carbonyl (C=O) groups is 2. The van der Waals surface area contributed by atoms with E-state index >= 15 is 0 Å². The zero-order valence-corrected chi connectivity index (χ0v) is 16.4. The first-order valence-electron chi connectivity index (χ1n) is 9.03. The molecular weight excluding hydrogens is 392 g/mol. The van der Waals surface area contributed by atoms with Crippen molar-refractivity contribution in [3.63, 3.8) is 0 Å². The van der Waals surface area contributed by atoms with E-state index in [0.29, 0.717) is 34.3 Å². The third-order valence-corrected chi connectivity index (χ3v) is 5.30. The summed E-state index contributed by atoms with van der Waals surface area (Å²) >= 11 is 1.25. The number of anilines is 1. The third kappa shape index (κ3) is 4.35. The summed E-state index contributed by atoms with van der Waals surface area (Å²) in [6.07, 6.45) is 0.726. The molecular formula is C20H18N4O4S. The van der Waals surface area contributed by atoms with Gasteiger partial charge in [0, 0.05) is 17.8 Å². The van der Waals surface area contributed by atoms with Crippen molar-refractivity contribution in [1.82, 2.24) is 15.5 Å². The van der Waals surface area contributed by atoms with Gasteiger partial charge in [0.15, 0.2) is 11.5 Å². The van der Waals surface area contributed by atoms with Crippen molar-refractivity contribution in [2.24, 2.45) is 0 Å². The van der Waals surface area contributed by atoms with E-state index in [-0.39, 0.29) is 18.6 Å². The Labute approximate surface area is 170 Å². The highest BCUT2D eigenvalue weighted by atomic mass is 32.1. The Morgan fingerprint density at radius 1 is 1.07 bits per heavy atom. The number of fused-ring (bicyclic) bond motifs is 1. The van der Waals surface area contributed by atoms with Crippen molar-refractivity contribution in [1.29, 1.82) is 0 Å². The van der Waals surface area contributed by atoms with E-state index in [4.69, 9.17) is 9.47 Å². The lowest BCUT2D eigenvalue weighted by atomic mass is 10.1. The Balaban J connectivity index is 1.38. The zero-order chi connectivity index (χ0) is 20.2. The number of hydrogen-bond acceptors (Lipinski definition) is 7. The van der Waals surface area contributed by atoms with E-state index in [1.807, 2.05) is 25.1 Å². The maximum atomic E-state index is 12.5. The predicted octanol–water partition coefficient (Wildman–Crippen LogP) is 3.01. The van der Waals surface area contributed by atoms with Gasteiger partial charge in [0.25, 0.3) is 11.8 Å². The molecule has 1 aromatic heterocycles. The number of amides is 2. The van der Waals surface area contributed by atoms with E-state index < -0.39 is 0 Å². The molecule has 0 spiro atoms. The Kier molecular flexibility index (Phi) is 5.39. The first kappa shape index (κ1) is 18.9. The molecule has 3 aromatic rings. The summed E-state index contributed by atoms with van der Waals surface area (Å²) in [5.74, 6) is 0.775. The van der Waals surface area contributed by atoms with Crippen LogP contribution in [0, 0.1) is 0 Å². The van der Waals surface area contributed by atoms with Gasteiger partial charge in [-0.3, -0.25) is 9.59 Å². The number of aryl methyl sites for hydroxylation is 1. The molecule has 29 heavy (non-hydrogen) atoms. The van der Waals surface area contributed by atoms with Crippen LogP contribution in [0.2, 0.25) is 0 Å². The second-order valence-corrected chi connectivity index (χ2v) is 7.32. The van der Waals surface area contributed by atoms with Crippen LogP contribution in [0.3, 0.4) is 0 Å². The van der Waals surface area contributed by atoms with Crippen LogP contribution < -0.4 is 20.1 Å². The van der Waals surface area contributed by atoms with Crippen LogP contribution in [-0.4, -0.2) is 28.8 Å². The molecule has 1 aliphatic heterocycles. The largest absolute Gasteiger partial charge is 0.454 e. The number of aromatic nitrogens is 2. The molecule has 0 saturated carbocycles. The van der Waals surface area contributed by atoms with Crippen LogP contribution in [0.4, 0.5) is 5.69 Å². The van der Waals surface area contributed by atoms with Crippen molar-refractivity contribution in [2.75, 3.05) is 12.1 Å². The van der Waals surface area contributed by atoms with E-state index in [9.17, 15) is 9.59 Å². The lowest BCUT2D eigenvalue weighted by Gasteiger charge is -2.08. The van der Waals surface area contributed by atoms with Gasteiger partial charge >= 0.3 is 0 Å². The maximum Gasteiger partial charge on any atom is 0.286 e. The zero-order valence-electron chi connectivity index (χ0n) is 15.6. The smallest absolute Gasteiger partial charge is 0.286 e. The summed E-state index contributed by atoms with van der Waals surface area (Å²) < 4.78 is 10.6. The molecule has 0 atom stereocenters. The Morgan fingerprint density at radius 3 is 2.76 bits per heavy atom. The average molecular weight is 410 g/mol. The van der Waals surface area contributed by atoms with Crippen LogP contribution in [-0.2, 0) is 13.0 Å². The second kappa shape index (κ2) is 8.27. The number of rotatable bonds is 6. The van der Waals surface area contributed by atoms with Crippen molar-refractivity contribution in [3.05, 3.63) is 63.6 Å². The standard InChI is InChI=1S/C20H18N4O4S/c1-2-17-23-24-20(29-17)19(26)22-14-5-3-4-13(9-14)18(25)21-10-12-6-7-15-16(8-12)28-11-27-15/h3-9H,2,10-11H2,1H3,(H,21,25)(H,22,26). The minimum absolute atomic E-state index is 0.209. The highest BCUT2D eigenvalue weighted by Gasteiger charge is 2.15. The monoisotopic (exact) mass is 410 g/mol. The summed E-state index contributed by atoms with van der Waals surface area (Å²) in [4.78, 5) is 24.8. The normalized spacial score (nSPS) is 11.9. The summed E-state index contributed by atoms with van der Waals surface area (Å²) in [6, 6.07) is 12.3. The van der Waals surface area contributed by atoms with Gasteiger partial charge < -0.3 is 20.1 Å². The predicted molar refractivity (Wildman–Crippen MR) is 107 cm³/mol. The maximum absolute atomic E-state index is 12.5. The molecule has 0 unspecified atom stereocenters. The fraction of sp³-hybridized carbons (Fsp3) is 0.200. The average Bonchev–Trinajstić information content (AvgIpc) is 3.41. The molecule has 0 bridgehead atoms. The van der Waals surface area contributed by atoms with Crippen molar-refractivity contribution >= 4 is 28.8 Å². The number of hydrogen-bond donors (Lipinski definition) is 2. The van der Waals surface area contributed by atoms with Gasteiger partial charge in [0.05, 0.1) is 0 Å². The first-order valence-corrected chi connectivity index (χ1v) is 9.84. The van der Waals surface area contributed by atoms with E-state index in [1.54, 1.807) is 24.3 Å². The summed E-state index contributed by atoms with van der Waals surface area (Å²) in [7, 11) is 0. The molecule has 0 saturated heterocycles. The molecule has 0 radical (unpaired) electrons. The quantitative estimate of drug-likeness (QED) is 0.648. The Bertz CT molecular complexity index is 1070. The van der Waals surface area contributed by atoms with Crippen LogP contribution >= 0.6 is 11.3 Å². The van der Waals surface area contributed by atoms with Crippen LogP contribution in [0.1, 0.15) is 37.7 Å². The second-order valence-electron chi connectivity index (χ2n) is 6.26. The minimum Gasteiger partial charge on any atom is -0.454 e. The highest BCUT2D eigenvalue weighted by molar-refractivity contribution is 7.13. The van der Waals surface area contributed by atoms with Gasteiger partial charge in [-0.2, -0.15) is 0 Å². The molecule has 8 nitrogen and oxygen atoms in total. The number of benzene rings is 2. The van der Waals surface area contributed by atoms with Crippen molar-refractivity contribution in [2.45, 2.75) is 19.9 Å². The summed E-state index contributed by atoms with van der Waals surface area (Å²) in [6.45, 7) is 2.50. The molecule has 0 fully saturated rings. The molecule has 4 rings (SSSR count). The third-order valence-electron chi connectivity index (χ3n) is 4.24. The first-order chi connectivity index (χ1) is 14.1. The molecule has 2 heterocycles. The van der Waals surface area contributed by atoms with Gasteiger partial charge in [-0.15, -0.1) is 10.2 Å². The molecule has 2 N–H and O–H groups in total. The summed E-state index contributed by atoms with van der Waals surface area (Å²) in [5.41, 5.74) is 1.85.